The van der Waals surface area contributed by atoms with Crippen molar-refractivity contribution in [2.24, 2.45) is 0 Å². The van der Waals surface area contributed by atoms with Gasteiger partial charge >= 0.3 is 12.0 Å². The molecule has 0 aromatic heterocycles. The van der Waals surface area contributed by atoms with E-state index >= 15 is 0 Å². The molecule has 0 atom stereocenters. The Bertz CT molecular complexity index is 538. The van der Waals surface area contributed by atoms with E-state index in [9.17, 15) is 22.8 Å². The summed E-state index contributed by atoms with van der Waals surface area (Å²) in [5.41, 5.74) is -0.443. The number of ether oxygens (including phenoxy) is 1. The number of carbonyl (C=O) groups excluding carboxylic acids is 2. The quantitative estimate of drug-likeness (QED) is 0.461. The second-order valence-electron chi connectivity index (χ2n) is 4.51. The summed E-state index contributed by atoms with van der Waals surface area (Å²) < 4.78 is 43.4. The van der Waals surface area contributed by atoms with Crippen molar-refractivity contribution in [3.8, 4) is 0 Å². The molecule has 0 aliphatic heterocycles. The van der Waals surface area contributed by atoms with Gasteiger partial charge in [-0.15, -0.1) is 0 Å². The third-order valence-corrected chi connectivity index (χ3v) is 2.83. The van der Waals surface area contributed by atoms with Crippen molar-refractivity contribution in [1.82, 2.24) is 5.32 Å². The molecule has 2 amide bonds. The molecule has 1 rings (SSSR count). The van der Waals surface area contributed by atoms with Gasteiger partial charge in [-0.25, -0.2) is 18.0 Å². The summed E-state index contributed by atoms with van der Waals surface area (Å²) in [7, 11) is 1.31. The van der Waals surface area contributed by atoms with E-state index < -0.39 is 29.2 Å². The Morgan fingerprint density at radius 2 is 1.73 bits per heavy atom. The second kappa shape index (κ2) is 8.91. The lowest BCUT2D eigenvalue weighted by atomic mass is 10.2. The highest BCUT2D eigenvalue weighted by Gasteiger charge is 2.11. The van der Waals surface area contributed by atoms with Crippen LogP contribution in [0.4, 0.5) is 23.7 Å². The van der Waals surface area contributed by atoms with Gasteiger partial charge in [0.15, 0.2) is 11.6 Å². The highest BCUT2D eigenvalue weighted by atomic mass is 19.2. The molecule has 22 heavy (non-hydrogen) atoms. The number of nitrogens with one attached hydrogen (secondary N) is 2. The molecule has 0 saturated carbocycles. The normalized spacial score (nSPS) is 10.2. The summed E-state index contributed by atoms with van der Waals surface area (Å²) in [5, 5.41) is 4.54. The van der Waals surface area contributed by atoms with Crippen molar-refractivity contribution in [3.63, 3.8) is 0 Å². The molecule has 0 fully saturated rings. The van der Waals surface area contributed by atoms with Gasteiger partial charge in [-0.05, 0) is 12.8 Å². The van der Waals surface area contributed by atoms with Crippen LogP contribution in [0.1, 0.15) is 25.7 Å². The minimum absolute atomic E-state index is 0.292. The molecule has 8 heteroatoms. The second-order valence-corrected chi connectivity index (χ2v) is 4.51. The van der Waals surface area contributed by atoms with Gasteiger partial charge in [0.25, 0.3) is 0 Å². The zero-order chi connectivity index (χ0) is 16.5. The van der Waals surface area contributed by atoms with Crippen molar-refractivity contribution in [3.05, 3.63) is 29.6 Å². The van der Waals surface area contributed by atoms with Crippen molar-refractivity contribution < 1.29 is 27.5 Å². The van der Waals surface area contributed by atoms with Gasteiger partial charge in [0, 0.05) is 25.1 Å². The standard InChI is InChI=1S/C14H17F3N2O3/c1-22-13(20)5-3-2-4-6-18-14(21)19-12-8-10(16)9(15)7-11(12)17/h7-8H,2-6H2,1H3,(H2,18,19,21). The maximum atomic E-state index is 13.3. The first kappa shape index (κ1) is 17.8. The molecule has 0 unspecified atom stereocenters. The van der Waals surface area contributed by atoms with E-state index in [1.165, 1.54) is 7.11 Å². The Morgan fingerprint density at radius 1 is 1.05 bits per heavy atom. The summed E-state index contributed by atoms with van der Waals surface area (Å²) in [6, 6.07) is 0.205. The molecule has 0 aliphatic rings. The molecule has 0 spiro atoms. The molecule has 5 nitrogen and oxygen atoms in total. The number of unbranched alkanes of at least 4 members (excludes halogenated alkanes) is 2. The fourth-order valence-electron chi connectivity index (χ4n) is 1.66. The summed E-state index contributed by atoms with van der Waals surface area (Å²) in [5.74, 6) is -3.93. The third-order valence-electron chi connectivity index (χ3n) is 2.83. The molecule has 1 aromatic rings. The number of anilines is 1. The number of amides is 2. The summed E-state index contributed by atoms with van der Waals surface area (Å²) >= 11 is 0. The molecule has 0 radical (unpaired) electrons. The number of hydrogen-bond acceptors (Lipinski definition) is 3. The molecular formula is C14H17F3N2O3. The van der Waals surface area contributed by atoms with Crippen LogP contribution in [0.15, 0.2) is 12.1 Å². The van der Waals surface area contributed by atoms with Crippen LogP contribution in [0.2, 0.25) is 0 Å². The van der Waals surface area contributed by atoms with Crippen LogP contribution in [0.3, 0.4) is 0 Å². The molecular weight excluding hydrogens is 301 g/mol. The van der Waals surface area contributed by atoms with Gasteiger partial charge in [-0.1, -0.05) is 6.42 Å². The van der Waals surface area contributed by atoms with Gasteiger partial charge in [0.2, 0.25) is 0 Å². The van der Waals surface area contributed by atoms with Crippen molar-refractivity contribution in [2.75, 3.05) is 19.0 Å². The monoisotopic (exact) mass is 318 g/mol. The Hall–Kier alpha value is -2.25. The van der Waals surface area contributed by atoms with Gasteiger partial charge in [0.1, 0.15) is 5.82 Å². The zero-order valence-electron chi connectivity index (χ0n) is 12.0. The van der Waals surface area contributed by atoms with E-state index in [4.69, 9.17) is 0 Å². The van der Waals surface area contributed by atoms with Crippen LogP contribution in [-0.4, -0.2) is 25.7 Å². The smallest absolute Gasteiger partial charge is 0.319 e. The largest absolute Gasteiger partial charge is 0.469 e. The predicted molar refractivity (Wildman–Crippen MR) is 73.8 cm³/mol. The van der Waals surface area contributed by atoms with E-state index in [1.807, 2.05) is 0 Å². The highest BCUT2D eigenvalue weighted by Crippen LogP contribution is 2.18. The number of hydrogen-bond donors (Lipinski definition) is 2. The molecule has 2 N–H and O–H groups in total. The molecule has 1 aromatic carbocycles. The molecule has 0 aliphatic carbocycles. The Morgan fingerprint density at radius 3 is 2.41 bits per heavy atom. The number of rotatable bonds is 7. The summed E-state index contributed by atoms with van der Waals surface area (Å²) in [6.45, 7) is 0.304. The summed E-state index contributed by atoms with van der Waals surface area (Å²) in [6.07, 6.45) is 2.26. The van der Waals surface area contributed by atoms with Crippen LogP contribution < -0.4 is 10.6 Å². The van der Waals surface area contributed by atoms with Crippen molar-refractivity contribution in [1.29, 1.82) is 0 Å². The lowest BCUT2D eigenvalue weighted by Gasteiger charge is -2.08. The molecule has 0 saturated heterocycles. The number of esters is 1. The van der Waals surface area contributed by atoms with Crippen LogP contribution in [0.25, 0.3) is 0 Å². The maximum Gasteiger partial charge on any atom is 0.319 e. The third kappa shape index (κ3) is 6.02. The number of benzene rings is 1. The lowest BCUT2D eigenvalue weighted by molar-refractivity contribution is -0.140. The number of halogens is 3. The minimum Gasteiger partial charge on any atom is -0.469 e. The molecule has 0 heterocycles. The Balaban J connectivity index is 2.27. The van der Waals surface area contributed by atoms with Crippen molar-refractivity contribution >= 4 is 17.7 Å². The fourth-order valence-corrected chi connectivity index (χ4v) is 1.66. The lowest BCUT2D eigenvalue weighted by Crippen LogP contribution is -2.30. The first-order valence-corrected chi connectivity index (χ1v) is 6.70. The fraction of sp³-hybridized carbons (Fsp3) is 0.429. The average molecular weight is 318 g/mol. The number of urea groups is 1. The van der Waals surface area contributed by atoms with E-state index in [-0.39, 0.29) is 5.97 Å². The van der Waals surface area contributed by atoms with Crippen LogP contribution in [0, 0.1) is 17.5 Å². The Kier molecular flexibility index (Phi) is 7.21. The van der Waals surface area contributed by atoms with Crippen LogP contribution in [-0.2, 0) is 9.53 Å². The molecule has 122 valence electrons. The summed E-state index contributed by atoms with van der Waals surface area (Å²) in [4.78, 5) is 22.3. The van der Waals surface area contributed by atoms with E-state index in [0.717, 1.165) is 0 Å². The van der Waals surface area contributed by atoms with E-state index in [0.29, 0.717) is 44.4 Å². The number of carbonyl (C=O) groups is 2. The topological polar surface area (TPSA) is 67.4 Å². The van der Waals surface area contributed by atoms with Gasteiger partial charge in [-0.2, -0.15) is 0 Å². The first-order chi connectivity index (χ1) is 10.4. The Labute approximate surface area is 125 Å². The first-order valence-electron chi connectivity index (χ1n) is 6.70. The van der Waals surface area contributed by atoms with Crippen LogP contribution >= 0.6 is 0 Å². The minimum atomic E-state index is -1.32. The zero-order valence-corrected chi connectivity index (χ0v) is 12.0. The van der Waals surface area contributed by atoms with Gasteiger partial charge < -0.3 is 15.4 Å². The highest BCUT2D eigenvalue weighted by molar-refractivity contribution is 5.89. The average Bonchev–Trinajstić information content (AvgIpc) is 2.48. The molecule has 0 bridgehead atoms. The van der Waals surface area contributed by atoms with Crippen LogP contribution in [0.5, 0.6) is 0 Å². The van der Waals surface area contributed by atoms with E-state index in [2.05, 4.69) is 15.4 Å². The number of methoxy groups -OCH3 is 1. The maximum absolute atomic E-state index is 13.3. The van der Waals surface area contributed by atoms with Gasteiger partial charge in [0.05, 0.1) is 12.8 Å². The van der Waals surface area contributed by atoms with Gasteiger partial charge in [-0.3, -0.25) is 4.79 Å². The van der Waals surface area contributed by atoms with Crippen molar-refractivity contribution in [2.45, 2.75) is 25.7 Å². The predicted octanol–water partition coefficient (Wildman–Crippen LogP) is 2.96. The van der Waals surface area contributed by atoms with E-state index in [1.54, 1.807) is 0 Å². The SMILES string of the molecule is COC(=O)CCCCCNC(=O)Nc1cc(F)c(F)cc1F.